The van der Waals surface area contributed by atoms with E-state index in [-0.39, 0.29) is 17.1 Å². The number of benzene rings is 1. The molecule has 0 unspecified atom stereocenters. The van der Waals surface area contributed by atoms with E-state index >= 15 is 0 Å². The van der Waals surface area contributed by atoms with Crippen molar-refractivity contribution < 1.29 is 41.0 Å². The molecule has 154 valence electrons. The molecule has 0 spiro atoms. The lowest BCUT2D eigenvalue weighted by Crippen LogP contribution is -2.20. The van der Waals surface area contributed by atoms with Crippen molar-refractivity contribution in [3.63, 3.8) is 0 Å². The van der Waals surface area contributed by atoms with Crippen molar-refractivity contribution in [2.24, 2.45) is 0 Å². The first kappa shape index (κ1) is 21.5. The first-order valence-electron chi connectivity index (χ1n) is 7.98. The van der Waals surface area contributed by atoms with E-state index in [2.05, 4.69) is 9.84 Å². The van der Waals surface area contributed by atoms with Crippen molar-refractivity contribution in [1.29, 1.82) is 0 Å². The number of nitrogens with zero attached hydrogens (tertiary/aromatic N) is 2. The number of alkyl halides is 5. The molecule has 0 atom stereocenters. The molecule has 2 rings (SSSR count). The number of aromatic nitrogens is 2. The number of carbonyl (C=O) groups is 1. The highest BCUT2D eigenvalue weighted by atomic mass is 19.4. The van der Waals surface area contributed by atoms with Gasteiger partial charge in [0.05, 0.1) is 13.3 Å². The third-order valence-corrected chi connectivity index (χ3v) is 3.62. The van der Waals surface area contributed by atoms with Crippen LogP contribution in [0.4, 0.5) is 22.0 Å². The number of halogens is 5. The lowest BCUT2D eigenvalue weighted by Gasteiger charge is -2.16. The summed E-state index contributed by atoms with van der Waals surface area (Å²) in [6, 6.07) is 3.44. The Morgan fingerprint density at radius 2 is 1.93 bits per heavy atom. The molecule has 0 aliphatic heterocycles. The number of esters is 1. The minimum Gasteiger partial charge on any atom is -0.493 e. The molecule has 1 aromatic heterocycles. The number of rotatable bonds is 7. The maximum Gasteiger partial charge on any atom is 0.433 e. The zero-order valence-electron chi connectivity index (χ0n) is 15.1. The van der Waals surface area contributed by atoms with Gasteiger partial charge in [-0.15, -0.1) is 0 Å². The first-order valence-corrected chi connectivity index (χ1v) is 7.98. The fourth-order valence-corrected chi connectivity index (χ4v) is 2.47. The molecule has 0 amide bonds. The molecule has 0 N–H and O–H groups in total. The molecule has 28 heavy (non-hydrogen) atoms. The lowest BCUT2D eigenvalue weighted by atomic mass is 10.2. The van der Waals surface area contributed by atoms with E-state index < -0.39 is 42.7 Å². The second-order valence-electron chi connectivity index (χ2n) is 5.85. The zero-order valence-corrected chi connectivity index (χ0v) is 15.1. The molecule has 1 heterocycles. The van der Waals surface area contributed by atoms with E-state index in [1.54, 1.807) is 0 Å². The molecule has 0 aliphatic carbocycles. The summed E-state index contributed by atoms with van der Waals surface area (Å²) in [7, 11) is 1.22. The van der Waals surface area contributed by atoms with Gasteiger partial charge in [0, 0.05) is 11.6 Å². The SMILES string of the molecule is COc1cccc(COC(=O)c2cnn(C(C)C)c2C(F)(F)F)c1OC(F)F. The molecule has 0 bridgehead atoms. The van der Waals surface area contributed by atoms with Crippen LogP contribution >= 0.6 is 0 Å². The smallest absolute Gasteiger partial charge is 0.433 e. The molecule has 6 nitrogen and oxygen atoms in total. The van der Waals surface area contributed by atoms with Gasteiger partial charge in [-0.05, 0) is 19.9 Å². The highest BCUT2D eigenvalue weighted by Gasteiger charge is 2.41. The van der Waals surface area contributed by atoms with Gasteiger partial charge in [-0.3, -0.25) is 4.68 Å². The molecule has 0 radical (unpaired) electrons. The molecular weight excluding hydrogens is 391 g/mol. The van der Waals surface area contributed by atoms with Gasteiger partial charge in [0.2, 0.25) is 0 Å². The van der Waals surface area contributed by atoms with Crippen molar-refractivity contribution >= 4 is 5.97 Å². The lowest BCUT2D eigenvalue weighted by molar-refractivity contribution is -0.145. The Morgan fingerprint density at radius 1 is 1.25 bits per heavy atom. The molecule has 0 fully saturated rings. The number of para-hydroxylation sites is 1. The summed E-state index contributed by atoms with van der Waals surface area (Å²) in [4.78, 5) is 12.2. The van der Waals surface area contributed by atoms with Gasteiger partial charge in [-0.25, -0.2) is 4.79 Å². The van der Waals surface area contributed by atoms with Crippen LogP contribution in [0.1, 0.15) is 41.5 Å². The van der Waals surface area contributed by atoms with Crippen LogP contribution in [-0.4, -0.2) is 29.5 Å². The molecule has 0 saturated heterocycles. The number of hydrogen-bond donors (Lipinski definition) is 0. The van der Waals surface area contributed by atoms with Crippen molar-refractivity contribution in [3.05, 3.63) is 41.2 Å². The number of ether oxygens (including phenoxy) is 3. The van der Waals surface area contributed by atoms with Gasteiger partial charge in [-0.2, -0.15) is 27.1 Å². The third kappa shape index (κ3) is 4.70. The van der Waals surface area contributed by atoms with Crippen LogP contribution in [0.2, 0.25) is 0 Å². The van der Waals surface area contributed by atoms with Crippen molar-refractivity contribution in [1.82, 2.24) is 9.78 Å². The Balaban J connectivity index is 2.29. The van der Waals surface area contributed by atoms with E-state index in [4.69, 9.17) is 9.47 Å². The van der Waals surface area contributed by atoms with E-state index in [1.165, 1.54) is 39.2 Å². The molecule has 0 aliphatic rings. The Hall–Kier alpha value is -2.85. The topological polar surface area (TPSA) is 62.6 Å². The summed E-state index contributed by atoms with van der Waals surface area (Å²) >= 11 is 0. The van der Waals surface area contributed by atoms with E-state index in [0.29, 0.717) is 4.68 Å². The van der Waals surface area contributed by atoms with Crippen molar-refractivity contribution in [2.75, 3.05) is 7.11 Å². The maximum atomic E-state index is 13.3. The number of methoxy groups -OCH3 is 1. The quantitative estimate of drug-likeness (QED) is 0.500. The van der Waals surface area contributed by atoms with Gasteiger partial charge in [0.25, 0.3) is 0 Å². The average molecular weight is 408 g/mol. The van der Waals surface area contributed by atoms with Crippen LogP contribution in [0.25, 0.3) is 0 Å². The Bertz CT molecular complexity index is 833. The predicted molar refractivity (Wildman–Crippen MR) is 86.4 cm³/mol. The maximum absolute atomic E-state index is 13.3. The summed E-state index contributed by atoms with van der Waals surface area (Å²) in [5.74, 6) is -1.72. The molecule has 11 heteroatoms. The Labute approximate surface area is 156 Å². The Kier molecular flexibility index (Phi) is 6.47. The standard InChI is InChI=1S/C17H17F5N2O4/c1-9(2)24-14(17(20,21)22)11(7-23-24)15(25)27-8-10-5-4-6-12(26-3)13(10)28-16(18)19/h4-7,9,16H,8H2,1-3H3. The molecular formula is C17H17F5N2O4. The fourth-order valence-electron chi connectivity index (χ4n) is 2.47. The number of carbonyl (C=O) groups excluding carboxylic acids is 1. The van der Waals surface area contributed by atoms with E-state index in [1.807, 2.05) is 0 Å². The summed E-state index contributed by atoms with van der Waals surface area (Å²) in [5, 5.41) is 3.59. The normalized spacial score (nSPS) is 11.8. The zero-order chi connectivity index (χ0) is 21.1. The second kappa shape index (κ2) is 8.44. The van der Waals surface area contributed by atoms with E-state index in [0.717, 1.165) is 6.20 Å². The van der Waals surface area contributed by atoms with Gasteiger partial charge < -0.3 is 14.2 Å². The minimum absolute atomic E-state index is 0.00203. The fraction of sp³-hybridized carbons (Fsp3) is 0.412. The van der Waals surface area contributed by atoms with Crippen LogP contribution < -0.4 is 9.47 Å². The largest absolute Gasteiger partial charge is 0.493 e. The Morgan fingerprint density at radius 3 is 2.46 bits per heavy atom. The molecule has 1 aromatic carbocycles. The average Bonchev–Trinajstić information content (AvgIpc) is 3.06. The minimum atomic E-state index is -4.84. The summed E-state index contributed by atoms with van der Waals surface area (Å²) in [6.45, 7) is -0.836. The van der Waals surface area contributed by atoms with Crippen LogP contribution in [-0.2, 0) is 17.5 Å². The van der Waals surface area contributed by atoms with Crippen molar-refractivity contribution in [2.45, 2.75) is 39.3 Å². The summed E-state index contributed by atoms with van der Waals surface area (Å²) in [6.07, 6.45) is -4.08. The second-order valence-corrected chi connectivity index (χ2v) is 5.85. The highest BCUT2D eigenvalue weighted by Crippen LogP contribution is 2.35. The van der Waals surface area contributed by atoms with Crippen LogP contribution in [0, 0.1) is 0 Å². The van der Waals surface area contributed by atoms with Crippen molar-refractivity contribution in [3.8, 4) is 11.5 Å². The molecule has 0 saturated carbocycles. The summed E-state index contributed by atoms with van der Waals surface area (Å²) < 4.78 is 80.1. The van der Waals surface area contributed by atoms with Gasteiger partial charge in [0.1, 0.15) is 12.2 Å². The van der Waals surface area contributed by atoms with Crippen LogP contribution in [0.15, 0.2) is 24.4 Å². The summed E-state index contributed by atoms with van der Waals surface area (Å²) in [5.41, 5.74) is -2.03. The molecule has 2 aromatic rings. The van der Waals surface area contributed by atoms with Gasteiger partial charge in [-0.1, -0.05) is 12.1 Å². The predicted octanol–water partition coefficient (Wildman–Crippen LogP) is 4.45. The van der Waals surface area contributed by atoms with E-state index in [9.17, 15) is 26.7 Å². The monoisotopic (exact) mass is 408 g/mol. The van der Waals surface area contributed by atoms with Crippen LogP contribution in [0.3, 0.4) is 0 Å². The first-order chi connectivity index (χ1) is 13.1. The van der Waals surface area contributed by atoms with Gasteiger partial charge >= 0.3 is 18.8 Å². The van der Waals surface area contributed by atoms with Crippen LogP contribution in [0.5, 0.6) is 11.5 Å². The number of hydrogen-bond acceptors (Lipinski definition) is 5. The van der Waals surface area contributed by atoms with Gasteiger partial charge in [0.15, 0.2) is 17.2 Å². The highest BCUT2D eigenvalue weighted by molar-refractivity contribution is 5.90. The third-order valence-electron chi connectivity index (χ3n) is 3.62.